The van der Waals surface area contributed by atoms with E-state index in [4.69, 9.17) is 18.0 Å². The highest BCUT2D eigenvalue weighted by Gasteiger charge is 2.55. The van der Waals surface area contributed by atoms with E-state index >= 15 is 0 Å². The lowest BCUT2D eigenvalue weighted by Crippen LogP contribution is -2.71. The van der Waals surface area contributed by atoms with E-state index in [0.717, 1.165) is 28.9 Å². The molecule has 2 aliphatic rings. The quantitative estimate of drug-likeness (QED) is 0.0890. The number of thiocarbonyl (C=S) groups is 1. The number of hydrogen-bond acceptors (Lipinski definition) is 10. The lowest BCUT2D eigenvalue weighted by atomic mass is 9.99. The van der Waals surface area contributed by atoms with E-state index in [1.807, 2.05) is 0 Å². The Balaban J connectivity index is 1.41. The van der Waals surface area contributed by atoms with Crippen LogP contribution in [0.15, 0.2) is 75.7 Å². The summed E-state index contributed by atoms with van der Waals surface area (Å²) < 4.78 is 0. The SMILES string of the molecule is NC(=O)Nc1cccc(C(NC(=O)c2c[nH]ccc2=O)C(=O)NC2C(=O)N3C(C(=O)O)=C(C(=S)c4ccc(=O)[nH]n4)CS[C@@H]23)c1. The first kappa shape index (κ1) is 30.8. The molecule has 5 rings (SSSR count). The van der Waals surface area contributed by atoms with Crippen LogP contribution in [0.2, 0.25) is 0 Å². The zero-order chi connectivity index (χ0) is 32.4. The van der Waals surface area contributed by atoms with Crippen LogP contribution in [-0.4, -0.2) is 76.9 Å². The standard InChI is InChI=1S/C27H22N8O8S2/c28-27(43)30-12-3-1-2-11(8-12)18(31-22(38)13-9-29-7-6-16(13)36)23(39)32-19-24(40)35-20(26(41)42)14(10-45-25(19)35)21(44)15-4-5-17(37)34-33-15/h1-9,18-19,25H,10H2,(H,29,36)(H,31,38)(H,32,39)(H,34,37)(H,41,42)(H3,28,30,43)/t18?,19?,25-/m0/s1. The number of anilines is 1. The van der Waals surface area contributed by atoms with Gasteiger partial charge in [-0.25, -0.2) is 14.7 Å². The third-order valence-electron chi connectivity index (χ3n) is 6.75. The van der Waals surface area contributed by atoms with E-state index in [0.29, 0.717) is 0 Å². The Hall–Kier alpha value is -5.62. The Morgan fingerprint density at radius 1 is 1.13 bits per heavy atom. The molecule has 1 aromatic carbocycles. The normalized spacial score (nSPS) is 17.8. The molecule has 1 saturated heterocycles. The van der Waals surface area contributed by atoms with Crippen molar-refractivity contribution in [2.45, 2.75) is 17.5 Å². The number of nitrogens with two attached hydrogens (primary N) is 1. The molecule has 4 heterocycles. The van der Waals surface area contributed by atoms with Crippen molar-refractivity contribution in [3.63, 3.8) is 0 Å². The van der Waals surface area contributed by atoms with Gasteiger partial charge >= 0.3 is 12.0 Å². The third-order valence-corrected chi connectivity index (χ3v) is 8.48. The number of hydrogen-bond donors (Lipinski definition) is 7. The second-order valence-electron chi connectivity index (χ2n) is 9.61. The average Bonchev–Trinajstić information content (AvgIpc) is 3.01. The molecule has 18 heteroatoms. The number of pyridine rings is 1. The van der Waals surface area contributed by atoms with Gasteiger partial charge in [0.05, 0.1) is 4.86 Å². The number of aromatic amines is 2. The maximum absolute atomic E-state index is 13.7. The number of nitrogens with zero attached hydrogens (tertiary/aromatic N) is 2. The summed E-state index contributed by atoms with van der Waals surface area (Å²) in [6, 6.07) is 5.93. The molecule has 45 heavy (non-hydrogen) atoms. The van der Waals surface area contributed by atoms with Crippen molar-refractivity contribution in [2.75, 3.05) is 11.1 Å². The van der Waals surface area contributed by atoms with Crippen molar-refractivity contribution in [3.05, 3.63) is 104 Å². The molecule has 3 aromatic rings. The van der Waals surface area contributed by atoms with Gasteiger partial charge in [-0.2, -0.15) is 5.10 Å². The van der Waals surface area contributed by atoms with Gasteiger partial charge in [0.2, 0.25) is 5.91 Å². The number of urea groups is 1. The largest absolute Gasteiger partial charge is 0.477 e. The van der Waals surface area contributed by atoms with Gasteiger partial charge in [0.25, 0.3) is 17.4 Å². The minimum atomic E-state index is -1.47. The van der Waals surface area contributed by atoms with Crippen LogP contribution in [0, 0.1) is 0 Å². The van der Waals surface area contributed by atoms with Gasteiger partial charge in [0.1, 0.15) is 34.4 Å². The number of thioether (sulfide) groups is 1. The number of carboxylic acid groups (broad SMARTS) is 1. The molecular formula is C27H22N8O8S2. The summed E-state index contributed by atoms with van der Waals surface area (Å²) in [7, 11) is 0. The van der Waals surface area contributed by atoms with E-state index < -0.39 is 58.2 Å². The first-order valence-electron chi connectivity index (χ1n) is 12.9. The molecule has 0 bridgehead atoms. The number of rotatable bonds is 9. The monoisotopic (exact) mass is 650 g/mol. The van der Waals surface area contributed by atoms with E-state index in [9.17, 15) is 38.7 Å². The van der Waals surface area contributed by atoms with Gasteiger partial charge in [0.15, 0.2) is 5.43 Å². The van der Waals surface area contributed by atoms with E-state index in [1.54, 1.807) is 0 Å². The molecule has 0 aliphatic carbocycles. The van der Waals surface area contributed by atoms with Crippen LogP contribution in [0.5, 0.6) is 0 Å². The predicted molar refractivity (Wildman–Crippen MR) is 163 cm³/mol. The Kier molecular flexibility index (Phi) is 8.59. The van der Waals surface area contributed by atoms with Gasteiger partial charge < -0.3 is 31.8 Å². The van der Waals surface area contributed by atoms with E-state index in [2.05, 4.69) is 31.1 Å². The molecular weight excluding hydrogens is 628 g/mol. The topological polar surface area (TPSA) is 250 Å². The summed E-state index contributed by atoms with van der Waals surface area (Å²) in [5, 5.41) is 22.7. The fourth-order valence-corrected chi connectivity index (χ4v) is 6.42. The lowest BCUT2D eigenvalue weighted by Gasteiger charge is -2.49. The van der Waals surface area contributed by atoms with Gasteiger partial charge in [-0.3, -0.25) is 28.9 Å². The molecule has 2 aliphatic heterocycles. The zero-order valence-corrected chi connectivity index (χ0v) is 24.4. The molecule has 2 aromatic heterocycles. The summed E-state index contributed by atoms with van der Waals surface area (Å²) in [5.74, 6) is -3.90. The van der Waals surface area contributed by atoms with Gasteiger partial charge in [-0.05, 0) is 23.8 Å². The number of amides is 5. The van der Waals surface area contributed by atoms with Crippen molar-refractivity contribution in [2.24, 2.45) is 5.73 Å². The number of H-pyrrole nitrogens is 2. The Bertz CT molecular complexity index is 1900. The van der Waals surface area contributed by atoms with Crippen molar-refractivity contribution in [3.8, 4) is 0 Å². The minimum Gasteiger partial charge on any atom is -0.477 e. The van der Waals surface area contributed by atoms with Gasteiger partial charge in [0, 0.05) is 41.5 Å². The summed E-state index contributed by atoms with van der Waals surface area (Å²) in [4.78, 5) is 91.0. The van der Waals surface area contributed by atoms with Gasteiger partial charge in [-0.1, -0.05) is 24.4 Å². The fourth-order valence-electron chi connectivity index (χ4n) is 4.70. The number of carbonyl (C=O) groups is 5. The maximum Gasteiger partial charge on any atom is 0.353 e. The number of carboxylic acids is 1. The molecule has 16 nitrogen and oxygen atoms in total. The fraction of sp³-hybridized carbons (Fsp3) is 0.148. The Labute approximate surface area is 261 Å². The maximum atomic E-state index is 13.7. The highest BCUT2D eigenvalue weighted by molar-refractivity contribution is 8.00. The van der Waals surface area contributed by atoms with E-state index in [-0.39, 0.29) is 44.4 Å². The van der Waals surface area contributed by atoms with Gasteiger partial charge in [-0.15, -0.1) is 11.8 Å². The second kappa shape index (κ2) is 12.5. The van der Waals surface area contributed by atoms with Crippen LogP contribution >= 0.6 is 24.0 Å². The van der Waals surface area contributed by atoms with Crippen molar-refractivity contribution in [1.82, 2.24) is 30.7 Å². The highest BCUT2D eigenvalue weighted by Crippen LogP contribution is 2.41. The van der Waals surface area contributed by atoms with Crippen LogP contribution < -0.4 is 32.7 Å². The number of carbonyl (C=O) groups excluding carboxylic acids is 4. The van der Waals surface area contributed by atoms with Crippen LogP contribution in [0.4, 0.5) is 10.5 Å². The molecule has 1 fully saturated rings. The number of benzene rings is 1. The smallest absolute Gasteiger partial charge is 0.353 e. The third kappa shape index (κ3) is 6.22. The molecule has 2 unspecified atom stereocenters. The molecule has 0 saturated carbocycles. The predicted octanol–water partition coefficient (Wildman–Crippen LogP) is -0.423. The van der Waals surface area contributed by atoms with Crippen molar-refractivity contribution >= 4 is 64.3 Å². The van der Waals surface area contributed by atoms with E-state index in [1.165, 1.54) is 42.6 Å². The number of fused-ring (bicyclic) bond motifs is 1. The molecule has 5 amide bonds. The van der Waals surface area contributed by atoms with Crippen molar-refractivity contribution in [1.29, 1.82) is 0 Å². The number of primary amides is 1. The number of nitrogens with one attached hydrogen (secondary N) is 5. The summed E-state index contributed by atoms with van der Waals surface area (Å²) in [6.07, 6.45) is 2.49. The van der Waals surface area contributed by atoms with Crippen LogP contribution in [0.3, 0.4) is 0 Å². The first-order chi connectivity index (χ1) is 21.5. The van der Waals surface area contributed by atoms with Crippen LogP contribution in [0.25, 0.3) is 0 Å². The summed E-state index contributed by atoms with van der Waals surface area (Å²) in [5.41, 5.74) is 4.08. The Morgan fingerprint density at radius 2 is 1.91 bits per heavy atom. The second-order valence-corrected chi connectivity index (χ2v) is 11.1. The molecule has 0 radical (unpaired) electrons. The highest BCUT2D eigenvalue weighted by atomic mass is 32.2. The molecule has 3 atom stereocenters. The summed E-state index contributed by atoms with van der Waals surface area (Å²) in [6.45, 7) is 0. The minimum absolute atomic E-state index is 0.0259. The van der Waals surface area contributed by atoms with Crippen molar-refractivity contribution < 1.29 is 29.1 Å². The Morgan fingerprint density at radius 3 is 2.58 bits per heavy atom. The number of β-lactam (4-membered cyclic amide) rings is 1. The molecule has 8 N–H and O–H groups in total. The summed E-state index contributed by atoms with van der Waals surface area (Å²) >= 11 is 6.56. The average molecular weight is 651 g/mol. The lowest BCUT2D eigenvalue weighted by molar-refractivity contribution is -0.150. The number of aliphatic carboxylic acids is 1. The molecule has 230 valence electrons. The number of aromatic nitrogens is 3. The van der Waals surface area contributed by atoms with Crippen LogP contribution in [0.1, 0.15) is 27.7 Å². The van der Waals surface area contributed by atoms with Crippen LogP contribution in [-0.2, 0) is 14.4 Å². The molecule has 0 spiro atoms. The first-order valence-corrected chi connectivity index (χ1v) is 14.4. The zero-order valence-electron chi connectivity index (χ0n) is 22.7.